The number of rotatable bonds is 13. The van der Waals surface area contributed by atoms with Crippen LogP contribution in [0.3, 0.4) is 0 Å². The molecular weight excluding hydrogens is 536 g/mol. The van der Waals surface area contributed by atoms with Gasteiger partial charge in [-0.25, -0.2) is 9.59 Å². The van der Waals surface area contributed by atoms with E-state index in [0.29, 0.717) is 23.2 Å². The Labute approximate surface area is 244 Å². The average molecular weight is 571 g/mol. The molecule has 0 saturated carbocycles. The van der Waals surface area contributed by atoms with Crippen LogP contribution in [0, 0.1) is 12.3 Å². The smallest absolute Gasteiger partial charge is 0.408 e. The number of aliphatic hydroxyl groups is 1. The van der Waals surface area contributed by atoms with Gasteiger partial charge in [0.25, 0.3) is 0 Å². The zero-order chi connectivity index (χ0) is 30.1. The minimum absolute atomic E-state index is 0.0549. The molecule has 42 heavy (non-hydrogen) atoms. The van der Waals surface area contributed by atoms with Gasteiger partial charge in [-0.3, -0.25) is 9.69 Å². The van der Waals surface area contributed by atoms with E-state index in [1.54, 1.807) is 18.2 Å². The molecule has 6 N–H and O–H groups in total. The highest BCUT2D eigenvalue weighted by molar-refractivity contribution is 5.96. The summed E-state index contributed by atoms with van der Waals surface area (Å²) in [5.41, 5.74) is 10.9. The molecule has 1 aliphatic rings. The average Bonchev–Trinajstić information content (AvgIpc) is 3.29. The Hall–Kier alpha value is -4.85. The van der Waals surface area contributed by atoms with E-state index in [1.165, 1.54) is 4.90 Å². The van der Waals surface area contributed by atoms with Crippen LogP contribution < -0.4 is 16.4 Å². The topological polar surface area (TPSA) is 154 Å². The van der Waals surface area contributed by atoms with Crippen LogP contribution in [0.5, 0.6) is 0 Å². The lowest BCUT2D eigenvalue weighted by Gasteiger charge is -2.31. The summed E-state index contributed by atoms with van der Waals surface area (Å²) < 4.78 is 5.41. The summed E-state index contributed by atoms with van der Waals surface area (Å²) in [5, 5.41) is 25.4. The number of urea groups is 1. The Kier molecular flexibility index (Phi) is 10.2. The van der Waals surface area contributed by atoms with Gasteiger partial charge >= 0.3 is 12.1 Å². The maximum absolute atomic E-state index is 13.7. The molecule has 10 heteroatoms. The van der Waals surface area contributed by atoms with Crippen LogP contribution in [0.15, 0.2) is 66.7 Å². The minimum atomic E-state index is -1.24. The molecule has 3 aromatic carbocycles. The number of amides is 4. The second-order valence-electron chi connectivity index (χ2n) is 9.94. The normalized spacial score (nSPS) is 12.5. The minimum Gasteiger partial charge on any atom is -0.465 e. The summed E-state index contributed by atoms with van der Waals surface area (Å²) in [6, 6.07) is 18.9. The fourth-order valence-electron chi connectivity index (χ4n) is 5.37. The number of carbonyl (C=O) groups is 3. The third-order valence-electron chi connectivity index (χ3n) is 7.31. The van der Waals surface area contributed by atoms with Crippen molar-refractivity contribution < 1.29 is 29.3 Å². The van der Waals surface area contributed by atoms with Crippen LogP contribution in [0.2, 0.25) is 0 Å². The summed E-state index contributed by atoms with van der Waals surface area (Å²) >= 11 is 0. The SMILES string of the molecule is C#CCOCc1cc(NC(=O)C(CCCNC(N)=O)N(CC2c3ccccc3-c3ccccc32)C(=O)O)ccc1CO. The van der Waals surface area contributed by atoms with E-state index in [2.05, 4.69) is 16.6 Å². The van der Waals surface area contributed by atoms with E-state index >= 15 is 0 Å². The molecule has 1 unspecified atom stereocenters. The molecule has 0 radical (unpaired) electrons. The lowest BCUT2D eigenvalue weighted by molar-refractivity contribution is -0.121. The molecule has 4 rings (SSSR count). The zero-order valence-electron chi connectivity index (χ0n) is 23.1. The van der Waals surface area contributed by atoms with Gasteiger partial charge in [-0.2, -0.15) is 0 Å². The van der Waals surface area contributed by atoms with E-state index in [9.17, 15) is 24.6 Å². The van der Waals surface area contributed by atoms with Crippen molar-refractivity contribution in [3.8, 4) is 23.5 Å². The highest BCUT2D eigenvalue weighted by atomic mass is 16.5. The Morgan fingerprint density at radius 3 is 2.29 bits per heavy atom. The van der Waals surface area contributed by atoms with Crippen molar-refractivity contribution in [2.24, 2.45) is 5.73 Å². The molecule has 0 bridgehead atoms. The molecule has 0 spiro atoms. The van der Waals surface area contributed by atoms with Crippen LogP contribution in [0.1, 0.15) is 41.0 Å². The van der Waals surface area contributed by atoms with Crippen molar-refractivity contribution in [3.63, 3.8) is 0 Å². The summed E-state index contributed by atoms with van der Waals surface area (Å²) in [7, 11) is 0. The van der Waals surface area contributed by atoms with Gasteiger partial charge in [0.15, 0.2) is 0 Å². The maximum Gasteiger partial charge on any atom is 0.408 e. The molecule has 1 atom stereocenters. The number of fused-ring (bicyclic) bond motifs is 3. The van der Waals surface area contributed by atoms with E-state index < -0.39 is 24.1 Å². The number of primary amides is 1. The number of hydrogen-bond donors (Lipinski definition) is 5. The van der Waals surface area contributed by atoms with Gasteiger partial charge in [-0.05, 0) is 58.4 Å². The quantitative estimate of drug-likeness (QED) is 0.155. The summed E-state index contributed by atoms with van der Waals surface area (Å²) in [6.07, 6.45) is 4.48. The monoisotopic (exact) mass is 570 g/mol. The summed E-state index contributed by atoms with van der Waals surface area (Å²) in [5.74, 6) is 1.59. The van der Waals surface area contributed by atoms with Crippen LogP contribution >= 0.6 is 0 Å². The summed E-state index contributed by atoms with van der Waals surface area (Å²) in [6.45, 7) is 0.232. The Bertz CT molecular complexity index is 1440. The Morgan fingerprint density at radius 1 is 1.02 bits per heavy atom. The Morgan fingerprint density at radius 2 is 1.69 bits per heavy atom. The molecule has 0 fully saturated rings. The number of nitrogens with two attached hydrogens (primary N) is 1. The molecular formula is C32H34N4O6. The second kappa shape index (κ2) is 14.2. The van der Waals surface area contributed by atoms with Gasteiger partial charge in [0.2, 0.25) is 5.91 Å². The predicted octanol–water partition coefficient (Wildman–Crippen LogP) is 3.88. The highest BCUT2D eigenvalue weighted by Gasteiger charge is 2.36. The van der Waals surface area contributed by atoms with Crippen molar-refractivity contribution in [3.05, 3.63) is 89.0 Å². The third-order valence-corrected chi connectivity index (χ3v) is 7.31. The molecule has 0 heterocycles. The first kappa shape index (κ1) is 30.1. The molecule has 10 nitrogen and oxygen atoms in total. The van der Waals surface area contributed by atoms with Gasteiger partial charge in [0, 0.05) is 24.7 Å². The first-order chi connectivity index (χ1) is 20.3. The van der Waals surface area contributed by atoms with E-state index in [-0.39, 0.29) is 45.2 Å². The number of anilines is 1. The van der Waals surface area contributed by atoms with Crippen molar-refractivity contribution in [1.82, 2.24) is 10.2 Å². The van der Waals surface area contributed by atoms with Crippen LogP contribution in [0.25, 0.3) is 11.1 Å². The largest absolute Gasteiger partial charge is 0.465 e. The Balaban J connectivity index is 1.62. The number of nitrogens with zero attached hydrogens (tertiary/aromatic N) is 1. The van der Waals surface area contributed by atoms with E-state index in [0.717, 1.165) is 22.3 Å². The molecule has 0 aliphatic heterocycles. The highest BCUT2D eigenvalue weighted by Crippen LogP contribution is 2.45. The third kappa shape index (κ3) is 7.07. The van der Waals surface area contributed by atoms with Gasteiger partial charge in [-0.1, -0.05) is 60.5 Å². The fourth-order valence-corrected chi connectivity index (χ4v) is 5.37. The summed E-state index contributed by atoms with van der Waals surface area (Å²) in [4.78, 5) is 38.8. The second-order valence-corrected chi connectivity index (χ2v) is 9.94. The van der Waals surface area contributed by atoms with Crippen molar-refractivity contribution in [1.29, 1.82) is 0 Å². The predicted molar refractivity (Wildman–Crippen MR) is 159 cm³/mol. The van der Waals surface area contributed by atoms with Crippen LogP contribution in [0.4, 0.5) is 15.3 Å². The molecule has 0 saturated heterocycles. The first-order valence-electron chi connectivity index (χ1n) is 13.6. The number of benzene rings is 3. The van der Waals surface area contributed by atoms with Gasteiger partial charge in [0.05, 0.1) is 13.2 Å². The van der Waals surface area contributed by atoms with Gasteiger partial charge in [-0.15, -0.1) is 6.42 Å². The van der Waals surface area contributed by atoms with Gasteiger partial charge in [0.1, 0.15) is 12.6 Å². The van der Waals surface area contributed by atoms with Gasteiger partial charge < -0.3 is 31.3 Å². The molecule has 4 amide bonds. The van der Waals surface area contributed by atoms with E-state index in [1.807, 2.05) is 48.5 Å². The fraction of sp³-hybridized carbons (Fsp3) is 0.281. The van der Waals surface area contributed by atoms with Crippen LogP contribution in [-0.4, -0.2) is 58.9 Å². The number of aliphatic hydroxyl groups excluding tert-OH is 1. The molecule has 0 aromatic heterocycles. The lowest BCUT2D eigenvalue weighted by Crippen LogP contribution is -2.48. The molecule has 218 valence electrons. The first-order valence-corrected chi connectivity index (χ1v) is 13.6. The number of hydrogen-bond acceptors (Lipinski definition) is 5. The zero-order valence-corrected chi connectivity index (χ0v) is 23.1. The lowest BCUT2D eigenvalue weighted by atomic mass is 9.95. The molecule has 3 aromatic rings. The van der Waals surface area contributed by atoms with E-state index in [4.69, 9.17) is 16.9 Å². The van der Waals surface area contributed by atoms with Crippen molar-refractivity contribution in [2.45, 2.75) is 38.0 Å². The maximum atomic E-state index is 13.7. The number of carboxylic acid groups (broad SMARTS) is 1. The molecule has 1 aliphatic carbocycles. The van der Waals surface area contributed by atoms with Crippen LogP contribution in [-0.2, 0) is 22.7 Å². The number of carbonyl (C=O) groups excluding carboxylic acids is 2. The number of terminal acetylenes is 1. The van der Waals surface area contributed by atoms with Crippen molar-refractivity contribution >= 4 is 23.7 Å². The number of nitrogens with one attached hydrogen (secondary N) is 2. The number of ether oxygens (including phenoxy) is 1. The standard InChI is InChI=1S/C32H34N4O6/c1-2-16-42-20-22-17-23(14-13-21(22)19-37)35-30(38)29(12-7-15-34-31(33)39)36(32(40)41)18-28-26-10-5-3-8-24(26)25-9-4-6-11-27(25)28/h1,3-6,8-11,13-14,17,28-29,37H,7,12,15-16,18-20H2,(H,35,38)(H,40,41)(H3,33,34,39). The van der Waals surface area contributed by atoms with Crippen molar-refractivity contribution in [2.75, 3.05) is 25.0 Å².